The van der Waals surface area contributed by atoms with E-state index in [9.17, 15) is 4.79 Å². The number of carbonyl (C=O) groups excluding carboxylic acids is 1. The van der Waals surface area contributed by atoms with E-state index in [0.29, 0.717) is 28.1 Å². The summed E-state index contributed by atoms with van der Waals surface area (Å²) < 4.78 is 0. The van der Waals surface area contributed by atoms with Crippen LogP contribution in [0.1, 0.15) is 36.0 Å². The normalized spacial score (nSPS) is 21.9. The van der Waals surface area contributed by atoms with Gasteiger partial charge in [0.05, 0.1) is 15.6 Å². The Balaban J connectivity index is 0.00000200. The number of halogens is 3. The summed E-state index contributed by atoms with van der Waals surface area (Å²) >= 11 is 12.0. The highest BCUT2D eigenvalue weighted by Crippen LogP contribution is 2.27. The summed E-state index contributed by atoms with van der Waals surface area (Å²) in [6.07, 6.45) is 4.37. The maximum Gasteiger partial charge on any atom is 0.253 e. The number of amides is 1. The quantitative estimate of drug-likeness (QED) is 0.884. The Kier molecular flexibility index (Phi) is 7.10. The molecule has 2 unspecified atom stereocenters. The lowest BCUT2D eigenvalue weighted by Crippen LogP contribution is -2.44. The first-order valence-electron chi connectivity index (χ1n) is 6.58. The van der Waals surface area contributed by atoms with E-state index in [-0.39, 0.29) is 24.4 Å². The Morgan fingerprint density at radius 2 is 2.00 bits per heavy atom. The van der Waals surface area contributed by atoms with E-state index in [1.807, 2.05) is 0 Å². The number of benzene rings is 1. The van der Waals surface area contributed by atoms with Crippen molar-refractivity contribution in [3.63, 3.8) is 0 Å². The molecule has 1 fully saturated rings. The monoisotopic (exact) mass is 336 g/mol. The van der Waals surface area contributed by atoms with Crippen molar-refractivity contribution in [2.24, 2.45) is 11.7 Å². The number of hydrogen-bond donors (Lipinski definition) is 2. The summed E-state index contributed by atoms with van der Waals surface area (Å²) in [6.45, 7) is 0.605. The van der Waals surface area contributed by atoms with E-state index in [4.69, 9.17) is 28.9 Å². The van der Waals surface area contributed by atoms with Gasteiger partial charge in [0.2, 0.25) is 0 Å². The Morgan fingerprint density at radius 1 is 1.30 bits per heavy atom. The molecule has 0 radical (unpaired) electrons. The van der Waals surface area contributed by atoms with E-state index in [2.05, 4.69) is 5.32 Å². The van der Waals surface area contributed by atoms with Gasteiger partial charge >= 0.3 is 0 Å². The van der Waals surface area contributed by atoms with Gasteiger partial charge in [-0.25, -0.2) is 0 Å². The summed E-state index contributed by atoms with van der Waals surface area (Å²) in [5.74, 6) is 0.188. The number of hydrogen-bond acceptors (Lipinski definition) is 2. The Hall–Kier alpha value is -0.480. The summed E-state index contributed by atoms with van der Waals surface area (Å²) in [4.78, 5) is 12.3. The number of rotatable bonds is 3. The maximum atomic E-state index is 12.3. The minimum Gasteiger partial charge on any atom is -0.349 e. The average Bonchev–Trinajstić information content (AvgIpc) is 2.42. The van der Waals surface area contributed by atoms with E-state index in [0.717, 1.165) is 19.3 Å². The molecule has 2 atom stereocenters. The molecule has 1 saturated carbocycles. The van der Waals surface area contributed by atoms with Crippen LogP contribution in [0.15, 0.2) is 18.2 Å². The molecule has 0 aliphatic heterocycles. The Morgan fingerprint density at radius 3 is 2.70 bits per heavy atom. The molecular weight excluding hydrogens is 319 g/mol. The van der Waals surface area contributed by atoms with Crippen LogP contribution in [0.4, 0.5) is 0 Å². The molecule has 1 aliphatic carbocycles. The van der Waals surface area contributed by atoms with Crippen LogP contribution >= 0.6 is 35.6 Å². The second-order valence-electron chi connectivity index (χ2n) is 4.96. The lowest BCUT2D eigenvalue weighted by atomic mass is 9.84. The first-order chi connectivity index (χ1) is 9.13. The SMILES string of the molecule is Cl.NCC1CCCCC1NC(=O)c1cccc(Cl)c1Cl. The molecule has 1 amide bonds. The molecule has 1 aromatic carbocycles. The summed E-state index contributed by atoms with van der Waals surface area (Å²) in [5, 5.41) is 3.75. The molecule has 20 heavy (non-hydrogen) atoms. The van der Waals surface area contributed by atoms with E-state index >= 15 is 0 Å². The predicted octanol–water partition coefficient (Wildman–Crippen LogP) is 3.66. The van der Waals surface area contributed by atoms with Gasteiger partial charge in [-0.3, -0.25) is 4.79 Å². The highest BCUT2D eigenvalue weighted by atomic mass is 35.5. The molecule has 112 valence electrons. The lowest BCUT2D eigenvalue weighted by molar-refractivity contribution is 0.0908. The molecule has 3 N–H and O–H groups in total. The van der Waals surface area contributed by atoms with Crippen LogP contribution in [-0.4, -0.2) is 18.5 Å². The fraction of sp³-hybridized carbons (Fsp3) is 0.500. The summed E-state index contributed by atoms with van der Waals surface area (Å²) in [5.41, 5.74) is 6.19. The summed E-state index contributed by atoms with van der Waals surface area (Å²) in [7, 11) is 0. The van der Waals surface area contributed by atoms with Crippen molar-refractivity contribution in [1.29, 1.82) is 0 Å². The zero-order valence-corrected chi connectivity index (χ0v) is 13.4. The van der Waals surface area contributed by atoms with E-state index < -0.39 is 0 Å². The molecule has 0 bridgehead atoms. The third-order valence-corrected chi connectivity index (χ3v) is 4.54. The minimum atomic E-state index is -0.169. The van der Waals surface area contributed by atoms with Crippen molar-refractivity contribution >= 4 is 41.5 Å². The molecule has 1 aromatic rings. The molecule has 0 heterocycles. The predicted molar refractivity (Wildman–Crippen MR) is 86.0 cm³/mol. The third-order valence-electron chi connectivity index (χ3n) is 3.72. The Labute approximate surface area is 135 Å². The van der Waals surface area contributed by atoms with E-state index in [1.165, 1.54) is 6.42 Å². The highest BCUT2D eigenvalue weighted by Gasteiger charge is 2.26. The third kappa shape index (κ3) is 4.01. The van der Waals surface area contributed by atoms with Crippen LogP contribution in [0.5, 0.6) is 0 Å². The minimum absolute atomic E-state index is 0. The number of nitrogens with one attached hydrogen (secondary N) is 1. The Bertz CT molecular complexity index is 468. The van der Waals surface area contributed by atoms with Crippen molar-refractivity contribution in [2.45, 2.75) is 31.7 Å². The fourth-order valence-corrected chi connectivity index (χ4v) is 2.99. The van der Waals surface area contributed by atoms with Crippen LogP contribution in [0.3, 0.4) is 0 Å². The fourth-order valence-electron chi connectivity index (χ4n) is 2.61. The molecule has 0 aromatic heterocycles. The van der Waals surface area contributed by atoms with Gasteiger partial charge in [0.15, 0.2) is 0 Å². The van der Waals surface area contributed by atoms with Gasteiger partial charge in [-0.15, -0.1) is 12.4 Å². The van der Waals surface area contributed by atoms with Crippen molar-refractivity contribution in [2.75, 3.05) is 6.54 Å². The lowest BCUT2D eigenvalue weighted by Gasteiger charge is -2.31. The molecule has 3 nitrogen and oxygen atoms in total. The van der Waals surface area contributed by atoms with Gasteiger partial charge in [-0.2, -0.15) is 0 Å². The second kappa shape index (κ2) is 8.08. The molecule has 0 saturated heterocycles. The number of carbonyl (C=O) groups is 1. The average molecular weight is 338 g/mol. The second-order valence-corrected chi connectivity index (χ2v) is 5.75. The summed E-state index contributed by atoms with van der Waals surface area (Å²) in [6, 6.07) is 5.22. The maximum absolute atomic E-state index is 12.3. The van der Waals surface area contributed by atoms with Crippen LogP contribution in [0.2, 0.25) is 10.0 Å². The van der Waals surface area contributed by atoms with Crippen LogP contribution < -0.4 is 11.1 Å². The van der Waals surface area contributed by atoms with Gasteiger partial charge in [0.1, 0.15) is 0 Å². The van der Waals surface area contributed by atoms with Crippen LogP contribution in [0.25, 0.3) is 0 Å². The van der Waals surface area contributed by atoms with Crippen molar-refractivity contribution in [3.8, 4) is 0 Å². The number of nitrogens with two attached hydrogens (primary N) is 1. The van der Waals surface area contributed by atoms with Gasteiger partial charge in [-0.1, -0.05) is 42.1 Å². The first kappa shape index (κ1) is 17.6. The zero-order chi connectivity index (χ0) is 13.8. The zero-order valence-electron chi connectivity index (χ0n) is 11.1. The highest BCUT2D eigenvalue weighted by molar-refractivity contribution is 6.43. The van der Waals surface area contributed by atoms with E-state index in [1.54, 1.807) is 18.2 Å². The largest absolute Gasteiger partial charge is 0.349 e. The molecule has 6 heteroatoms. The van der Waals surface area contributed by atoms with Crippen LogP contribution in [0, 0.1) is 5.92 Å². The van der Waals surface area contributed by atoms with Gasteiger partial charge in [0.25, 0.3) is 5.91 Å². The van der Waals surface area contributed by atoms with Crippen molar-refractivity contribution in [1.82, 2.24) is 5.32 Å². The van der Waals surface area contributed by atoms with Crippen molar-refractivity contribution < 1.29 is 4.79 Å². The van der Waals surface area contributed by atoms with Gasteiger partial charge in [0, 0.05) is 6.04 Å². The smallest absolute Gasteiger partial charge is 0.253 e. The standard InChI is InChI=1S/C14H18Cl2N2O.ClH/c15-11-6-3-5-10(13(11)16)14(19)18-12-7-2-1-4-9(12)8-17;/h3,5-6,9,12H,1-2,4,7-8,17H2,(H,18,19);1H. The molecular formula is C14H19Cl3N2O. The van der Waals surface area contributed by atoms with Gasteiger partial charge < -0.3 is 11.1 Å². The van der Waals surface area contributed by atoms with Crippen molar-refractivity contribution in [3.05, 3.63) is 33.8 Å². The topological polar surface area (TPSA) is 55.1 Å². The molecule has 2 rings (SSSR count). The molecule has 0 spiro atoms. The van der Waals surface area contributed by atoms with Crippen LogP contribution in [-0.2, 0) is 0 Å². The molecule has 1 aliphatic rings. The van der Waals surface area contributed by atoms with Gasteiger partial charge in [-0.05, 0) is 37.4 Å². The first-order valence-corrected chi connectivity index (χ1v) is 7.34.